The van der Waals surface area contributed by atoms with Crippen LogP contribution >= 0.6 is 0 Å². The third kappa shape index (κ3) is 4.85. The summed E-state index contributed by atoms with van der Waals surface area (Å²) in [4.78, 5) is 0. The van der Waals surface area contributed by atoms with E-state index in [1.54, 1.807) is 0 Å². The van der Waals surface area contributed by atoms with E-state index in [9.17, 15) is 0 Å². The highest BCUT2D eigenvalue weighted by Crippen LogP contribution is 2.22. The zero-order valence-corrected chi connectivity index (χ0v) is 13.7. The monoisotopic (exact) mass is 333 g/mol. The predicted molar refractivity (Wildman–Crippen MR) is 98.7 cm³/mol. The van der Waals surface area contributed by atoms with E-state index in [0.29, 0.717) is 13.2 Å². The highest BCUT2D eigenvalue weighted by Gasteiger charge is 1.99. The highest BCUT2D eigenvalue weighted by atomic mass is 16.5. The molecule has 4 nitrogen and oxygen atoms in total. The molecule has 0 amide bonds. The van der Waals surface area contributed by atoms with Crippen LogP contribution in [0.2, 0.25) is 0 Å². The first kappa shape index (κ1) is 16.6. The van der Waals surface area contributed by atoms with E-state index in [0.717, 1.165) is 22.6 Å². The fourth-order valence-corrected chi connectivity index (χ4v) is 2.41. The van der Waals surface area contributed by atoms with Crippen LogP contribution in [0.15, 0.2) is 84.0 Å². The van der Waals surface area contributed by atoms with Gasteiger partial charge < -0.3 is 14.7 Å². The molecular weight excluding hydrogens is 314 g/mol. The third-order valence-corrected chi connectivity index (χ3v) is 3.67. The Labute approximate surface area is 147 Å². The van der Waals surface area contributed by atoms with Crippen LogP contribution in [-0.4, -0.2) is 24.6 Å². The van der Waals surface area contributed by atoms with Gasteiger partial charge in [0.2, 0.25) is 0 Å². The lowest BCUT2D eigenvalue weighted by atomic mass is 10.1. The zero-order chi connectivity index (χ0) is 17.3. The average Bonchev–Trinajstić information content (AvgIpc) is 2.68. The van der Waals surface area contributed by atoms with E-state index in [1.807, 2.05) is 66.7 Å². The van der Waals surface area contributed by atoms with Gasteiger partial charge in [0.25, 0.3) is 0 Å². The molecule has 0 spiro atoms. The normalized spacial score (nSPS) is 10.7. The van der Waals surface area contributed by atoms with E-state index in [2.05, 4.69) is 17.3 Å². The third-order valence-electron chi connectivity index (χ3n) is 3.67. The van der Waals surface area contributed by atoms with Gasteiger partial charge >= 0.3 is 0 Å². The molecule has 126 valence electrons. The standard InChI is InChI=1S/C21H19NO3/c23-22-16-17-6-10-20(11-7-17)24-14-15-25-21-12-8-19(9-13-21)18-4-2-1-3-5-18/h1-13,16,23H,14-15H2. The second kappa shape index (κ2) is 8.55. The van der Waals surface area contributed by atoms with Gasteiger partial charge in [-0.3, -0.25) is 0 Å². The first-order valence-electron chi connectivity index (χ1n) is 8.04. The fraction of sp³-hybridized carbons (Fsp3) is 0.0952. The van der Waals surface area contributed by atoms with Gasteiger partial charge in [0.1, 0.15) is 24.7 Å². The molecule has 0 atom stereocenters. The molecule has 25 heavy (non-hydrogen) atoms. The van der Waals surface area contributed by atoms with Gasteiger partial charge in [0.15, 0.2) is 0 Å². The van der Waals surface area contributed by atoms with Gasteiger partial charge in [-0.05, 0) is 53.1 Å². The summed E-state index contributed by atoms with van der Waals surface area (Å²) >= 11 is 0. The van der Waals surface area contributed by atoms with E-state index < -0.39 is 0 Å². The van der Waals surface area contributed by atoms with Crippen LogP contribution in [0.4, 0.5) is 0 Å². The lowest BCUT2D eigenvalue weighted by Crippen LogP contribution is -2.08. The van der Waals surface area contributed by atoms with Crippen molar-refractivity contribution in [3.05, 3.63) is 84.4 Å². The maximum Gasteiger partial charge on any atom is 0.122 e. The van der Waals surface area contributed by atoms with Gasteiger partial charge in [0, 0.05) is 0 Å². The van der Waals surface area contributed by atoms with Gasteiger partial charge in [-0.25, -0.2) is 0 Å². The van der Waals surface area contributed by atoms with Gasteiger partial charge in [0.05, 0.1) is 6.21 Å². The number of hydrogen-bond acceptors (Lipinski definition) is 4. The molecule has 4 heteroatoms. The van der Waals surface area contributed by atoms with Crippen LogP contribution in [-0.2, 0) is 0 Å². The van der Waals surface area contributed by atoms with Crippen molar-refractivity contribution in [2.75, 3.05) is 13.2 Å². The number of ether oxygens (including phenoxy) is 2. The molecule has 0 heterocycles. The van der Waals surface area contributed by atoms with Crippen molar-refractivity contribution in [3.63, 3.8) is 0 Å². The number of nitrogens with zero attached hydrogens (tertiary/aromatic N) is 1. The van der Waals surface area contributed by atoms with E-state index in [-0.39, 0.29) is 0 Å². The first-order valence-corrected chi connectivity index (χ1v) is 8.04. The van der Waals surface area contributed by atoms with Crippen molar-refractivity contribution in [2.24, 2.45) is 5.16 Å². The lowest BCUT2D eigenvalue weighted by molar-refractivity contribution is 0.217. The fourth-order valence-electron chi connectivity index (χ4n) is 2.41. The molecule has 3 aromatic carbocycles. The van der Waals surface area contributed by atoms with Crippen LogP contribution in [0.5, 0.6) is 11.5 Å². The number of oxime groups is 1. The Morgan fingerprint density at radius 1 is 0.680 bits per heavy atom. The van der Waals surface area contributed by atoms with Crippen LogP contribution in [0.1, 0.15) is 5.56 Å². The second-order valence-electron chi connectivity index (χ2n) is 5.40. The minimum absolute atomic E-state index is 0.452. The summed E-state index contributed by atoms with van der Waals surface area (Å²) in [5.74, 6) is 1.57. The van der Waals surface area contributed by atoms with Crippen molar-refractivity contribution >= 4 is 6.21 Å². The number of benzene rings is 3. The molecule has 0 saturated carbocycles. The SMILES string of the molecule is ON=Cc1ccc(OCCOc2ccc(-c3ccccc3)cc2)cc1. The summed E-state index contributed by atoms with van der Waals surface area (Å²) in [7, 11) is 0. The Hall–Kier alpha value is -3.27. The minimum Gasteiger partial charge on any atom is -0.490 e. The van der Waals surface area contributed by atoms with Gasteiger partial charge in [-0.15, -0.1) is 0 Å². The first-order chi connectivity index (χ1) is 12.3. The summed E-state index contributed by atoms with van der Waals surface area (Å²) in [6.07, 6.45) is 1.37. The molecule has 0 aliphatic carbocycles. The summed E-state index contributed by atoms with van der Waals surface area (Å²) < 4.78 is 11.3. The molecule has 0 aliphatic heterocycles. The molecule has 3 aromatic rings. The lowest BCUT2D eigenvalue weighted by Gasteiger charge is -2.09. The Morgan fingerprint density at radius 2 is 1.20 bits per heavy atom. The van der Waals surface area contributed by atoms with E-state index in [4.69, 9.17) is 14.7 Å². The molecule has 0 unspecified atom stereocenters. The largest absolute Gasteiger partial charge is 0.490 e. The van der Waals surface area contributed by atoms with E-state index >= 15 is 0 Å². The minimum atomic E-state index is 0.452. The predicted octanol–water partition coefficient (Wildman–Crippen LogP) is 4.62. The molecule has 0 radical (unpaired) electrons. The van der Waals surface area contributed by atoms with E-state index in [1.165, 1.54) is 11.8 Å². The maximum atomic E-state index is 8.47. The second-order valence-corrected chi connectivity index (χ2v) is 5.40. The Kier molecular flexibility index (Phi) is 5.67. The Morgan fingerprint density at radius 3 is 1.76 bits per heavy atom. The molecule has 1 N–H and O–H groups in total. The van der Waals surface area contributed by atoms with Gasteiger partial charge in [-0.1, -0.05) is 47.6 Å². The molecular formula is C21H19NO3. The van der Waals surface area contributed by atoms with Crippen LogP contribution in [0, 0.1) is 0 Å². The molecule has 0 aromatic heterocycles. The van der Waals surface area contributed by atoms with Crippen molar-refractivity contribution < 1.29 is 14.7 Å². The smallest absolute Gasteiger partial charge is 0.122 e. The van der Waals surface area contributed by atoms with Crippen molar-refractivity contribution in [3.8, 4) is 22.6 Å². The highest BCUT2D eigenvalue weighted by molar-refractivity contribution is 5.79. The number of rotatable bonds is 7. The topological polar surface area (TPSA) is 51.1 Å². The molecule has 3 rings (SSSR count). The number of hydrogen-bond donors (Lipinski definition) is 1. The summed E-state index contributed by atoms with van der Waals surface area (Å²) in [5.41, 5.74) is 3.16. The maximum absolute atomic E-state index is 8.47. The Bertz CT molecular complexity index is 797. The summed E-state index contributed by atoms with van der Waals surface area (Å²) in [6.45, 7) is 0.915. The molecule has 0 aliphatic rings. The average molecular weight is 333 g/mol. The van der Waals surface area contributed by atoms with Crippen LogP contribution in [0.3, 0.4) is 0 Å². The molecule has 0 bridgehead atoms. The Balaban J connectivity index is 1.46. The van der Waals surface area contributed by atoms with Crippen LogP contribution < -0.4 is 9.47 Å². The summed E-state index contributed by atoms with van der Waals surface area (Å²) in [6, 6.07) is 25.5. The zero-order valence-electron chi connectivity index (χ0n) is 13.7. The van der Waals surface area contributed by atoms with Crippen molar-refractivity contribution in [1.82, 2.24) is 0 Å². The molecule has 0 fully saturated rings. The molecule has 0 saturated heterocycles. The van der Waals surface area contributed by atoms with Gasteiger partial charge in [-0.2, -0.15) is 0 Å². The quantitative estimate of drug-likeness (QED) is 0.297. The van der Waals surface area contributed by atoms with Crippen molar-refractivity contribution in [1.29, 1.82) is 0 Å². The van der Waals surface area contributed by atoms with Crippen molar-refractivity contribution in [2.45, 2.75) is 0 Å². The summed E-state index contributed by atoms with van der Waals surface area (Å²) in [5, 5.41) is 11.5. The van der Waals surface area contributed by atoms with Crippen LogP contribution in [0.25, 0.3) is 11.1 Å².